The molecule has 0 saturated carbocycles. The summed E-state index contributed by atoms with van der Waals surface area (Å²) in [5.41, 5.74) is -2.84. The largest absolute Gasteiger partial charge is 0.476 e. The van der Waals surface area contributed by atoms with Crippen LogP contribution in [0.1, 0.15) is 30.2 Å². The maximum atomic E-state index is 12.5. The van der Waals surface area contributed by atoms with Crippen LogP contribution in [0.25, 0.3) is 0 Å². The highest BCUT2D eigenvalue weighted by Gasteiger charge is 2.52. The number of carboxylic acids is 1. The number of aromatic nitrogens is 1. The first kappa shape index (κ1) is 11.5. The molecule has 0 spiro atoms. The molecule has 0 fully saturated rings. The van der Waals surface area contributed by atoms with E-state index in [9.17, 15) is 18.0 Å². The standard InChI is InChI=1S/C8H8F3NO3/c1-7(2,8(9,10)11)6-12-4(3-15-6)5(13)14/h3H,1-2H3,(H,13,14). The number of carboxylic acid groups (broad SMARTS) is 1. The van der Waals surface area contributed by atoms with Crippen molar-refractivity contribution in [3.05, 3.63) is 17.8 Å². The van der Waals surface area contributed by atoms with Gasteiger partial charge in [0.25, 0.3) is 0 Å². The van der Waals surface area contributed by atoms with E-state index in [0.717, 1.165) is 13.8 Å². The van der Waals surface area contributed by atoms with Gasteiger partial charge in [-0.1, -0.05) is 0 Å². The highest BCUT2D eigenvalue weighted by Crippen LogP contribution is 2.39. The van der Waals surface area contributed by atoms with Gasteiger partial charge in [0.2, 0.25) is 5.89 Å². The minimum atomic E-state index is -4.55. The van der Waals surface area contributed by atoms with Crippen molar-refractivity contribution in [1.82, 2.24) is 4.98 Å². The van der Waals surface area contributed by atoms with E-state index >= 15 is 0 Å². The zero-order chi connectivity index (χ0) is 11.9. The Kier molecular flexibility index (Phi) is 2.50. The van der Waals surface area contributed by atoms with E-state index in [1.807, 2.05) is 0 Å². The second kappa shape index (κ2) is 3.25. The molecule has 15 heavy (non-hydrogen) atoms. The average Bonchev–Trinajstić information content (AvgIpc) is 2.49. The molecule has 4 nitrogen and oxygen atoms in total. The zero-order valence-corrected chi connectivity index (χ0v) is 7.92. The van der Waals surface area contributed by atoms with Crippen molar-refractivity contribution in [3.63, 3.8) is 0 Å². The summed E-state index contributed by atoms with van der Waals surface area (Å²) in [5.74, 6) is -2.09. The Morgan fingerprint density at radius 1 is 1.47 bits per heavy atom. The van der Waals surface area contributed by atoms with Crippen LogP contribution in [-0.4, -0.2) is 22.2 Å². The van der Waals surface area contributed by atoms with Gasteiger partial charge in [-0.15, -0.1) is 0 Å². The lowest BCUT2D eigenvalue weighted by Gasteiger charge is -2.23. The van der Waals surface area contributed by atoms with E-state index in [4.69, 9.17) is 5.11 Å². The summed E-state index contributed by atoms with van der Waals surface area (Å²) in [6.45, 7) is 1.73. The lowest BCUT2D eigenvalue weighted by atomic mass is 9.93. The summed E-state index contributed by atoms with van der Waals surface area (Å²) >= 11 is 0. The fourth-order valence-corrected chi connectivity index (χ4v) is 0.780. The summed E-state index contributed by atoms with van der Waals surface area (Å²) in [6, 6.07) is 0. The summed E-state index contributed by atoms with van der Waals surface area (Å²) < 4.78 is 42.0. The summed E-state index contributed by atoms with van der Waals surface area (Å²) in [6.07, 6.45) is -3.86. The minimum absolute atomic E-state index is 0.540. The van der Waals surface area contributed by atoms with Crippen molar-refractivity contribution in [1.29, 1.82) is 0 Å². The molecule has 0 aliphatic heterocycles. The number of hydrogen-bond donors (Lipinski definition) is 1. The van der Waals surface area contributed by atoms with Gasteiger partial charge < -0.3 is 9.52 Å². The molecule has 0 unspecified atom stereocenters. The van der Waals surface area contributed by atoms with Gasteiger partial charge in [-0.25, -0.2) is 9.78 Å². The maximum absolute atomic E-state index is 12.5. The van der Waals surface area contributed by atoms with Crippen LogP contribution in [-0.2, 0) is 5.41 Å². The Morgan fingerprint density at radius 2 is 2.00 bits per heavy atom. The minimum Gasteiger partial charge on any atom is -0.476 e. The van der Waals surface area contributed by atoms with E-state index in [0.29, 0.717) is 6.26 Å². The lowest BCUT2D eigenvalue weighted by Crippen LogP contribution is -2.36. The van der Waals surface area contributed by atoms with Crippen molar-refractivity contribution in [2.24, 2.45) is 0 Å². The molecule has 0 amide bonds. The van der Waals surface area contributed by atoms with Crippen LogP contribution in [0.4, 0.5) is 13.2 Å². The molecular formula is C8H8F3NO3. The Hall–Kier alpha value is -1.53. The van der Waals surface area contributed by atoms with Crippen molar-refractivity contribution in [3.8, 4) is 0 Å². The molecule has 0 bridgehead atoms. The second-order valence-corrected chi connectivity index (χ2v) is 3.47. The van der Waals surface area contributed by atoms with Gasteiger partial charge in [-0.2, -0.15) is 13.2 Å². The normalized spacial score (nSPS) is 12.9. The van der Waals surface area contributed by atoms with Crippen LogP contribution < -0.4 is 0 Å². The van der Waals surface area contributed by atoms with Crippen LogP contribution in [0.2, 0.25) is 0 Å². The molecule has 0 radical (unpaired) electrons. The third kappa shape index (κ3) is 1.95. The van der Waals surface area contributed by atoms with E-state index in [2.05, 4.69) is 9.40 Å². The second-order valence-electron chi connectivity index (χ2n) is 3.47. The number of aromatic carboxylic acids is 1. The Balaban J connectivity index is 3.11. The number of rotatable bonds is 2. The SMILES string of the molecule is CC(C)(c1nc(C(=O)O)co1)C(F)(F)F. The molecule has 1 aromatic rings. The predicted octanol–water partition coefficient (Wildman–Crippen LogP) is 2.21. The van der Waals surface area contributed by atoms with E-state index < -0.39 is 29.1 Å². The smallest absolute Gasteiger partial charge is 0.402 e. The van der Waals surface area contributed by atoms with Crippen molar-refractivity contribution in [2.45, 2.75) is 25.4 Å². The van der Waals surface area contributed by atoms with Gasteiger partial charge in [-0.3, -0.25) is 0 Å². The molecule has 7 heteroatoms. The number of nitrogens with zero attached hydrogens (tertiary/aromatic N) is 1. The third-order valence-electron chi connectivity index (χ3n) is 1.97. The first-order valence-corrected chi connectivity index (χ1v) is 3.92. The Bertz CT molecular complexity index is 381. The topological polar surface area (TPSA) is 63.3 Å². The molecule has 1 heterocycles. The molecule has 1 N–H and O–H groups in total. The van der Waals surface area contributed by atoms with Gasteiger partial charge in [0.15, 0.2) is 5.69 Å². The molecule has 1 rings (SSSR count). The van der Waals surface area contributed by atoms with E-state index in [1.165, 1.54) is 0 Å². The monoisotopic (exact) mass is 223 g/mol. The maximum Gasteiger partial charge on any atom is 0.402 e. The van der Waals surface area contributed by atoms with Crippen molar-refractivity contribution >= 4 is 5.97 Å². The average molecular weight is 223 g/mol. The molecule has 84 valence electrons. The molecule has 0 atom stereocenters. The summed E-state index contributed by atoms with van der Waals surface area (Å²) in [7, 11) is 0. The van der Waals surface area contributed by atoms with Crippen LogP contribution in [0.5, 0.6) is 0 Å². The molecule has 0 aliphatic carbocycles. The first-order chi connectivity index (χ1) is 6.66. The van der Waals surface area contributed by atoms with E-state index in [-0.39, 0.29) is 0 Å². The Labute approximate surface area is 82.7 Å². The third-order valence-corrected chi connectivity index (χ3v) is 1.97. The van der Waals surface area contributed by atoms with Gasteiger partial charge >= 0.3 is 12.1 Å². The van der Waals surface area contributed by atoms with Crippen molar-refractivity contribution < 1.29 is 27.5 Å². The molecule has 0 aromatic carbocycles. The van der Waals surface area contributed by atoms with Crippen LogP contribution in [0, 0.1) is 0 Å². The van der Waals surface area contributed by atoms with Crippen molar-refractivity contribution in [2.75, 3.05) is 0 Å². The van der Waals surface area contributed by atoms with Crippen LogP contribution in [0.3, 0.4) is 0 Å². The Morgan fingerprint density at radius 3 is 2.33 bits per heavy atom. The van der Waals surface area contributed by atoms with Gasteiger partial charge in [0, 0.05) is 0 Å². The fraction of sp³-hybridized carbons (Fsp3) is 0.500. The van der Waals surface area contributed by atoms with Crippen LogP contribution in [0.15, 0.2) is 10.7 Å². The highest BCUT2D eigenvalue weighted by molar-refractivity contribution is 5.84. The number of halogens is 3. The molecule has 1 aromatic heterocycles. The van der Waals surface area contributed by atoms with E-state index in [1.54, 1.807) is 0 Å². The number of oxazole rings is 1. The lowest BCUT2D eigenvalue weighted by molar-refractivity contribution is -0.186. The number of carbonyl (C=O) groups is 1. The van der Waals surface area contributed by atoms with Gasteiger partial charge in [-0.05, 0) is 13.8 Å². The zero-order valence-electron chi connectivity index (χ0n) is 7.92. The van der Waals surface area contributed by atoms with Crippen LogP contribution >= 0.6 is 0 Å². The fourth-order valence-electron chi connectivity index (χ4n) is 0.780. The number of alkyl halides is 3. The summed E-state index contributed by atoms with van der Waals surface area (Å²) in [4.78, 5) is 13.6. The number of hydrogen-bond acceptors (Lipinski definition) is 3. The predicted molar refractivity (Wildman–Crippen MR) is 42.5 cm³/mol. The highest BCUT2D eigenvalue weighted by atomic mass is 19.4. The molecule has 0 saturated heterocycles. The quantitative estimate of drug-likeness (QED) is 0.834. The first-order valence-electron chi connectivity index (χ1n) is 3.92. The summed E-state index contributed by atoms with van der Waals surface area (Å²) in [5, 5.41) is 8.46. The van der Waals surface area contributed by atoms with Gasteiger partial charge in [0.1, 0.15) is 11.7 Å². The van der Waals surface area contributed by atoms with Gasteiger partial charge in [0.05, 0.1) is 0 Å². The molecular weight excluding hydrogens is 215 g/mol. The molecule has 0 aliphatic rings.